The van der Waals surface area contributed by atoms with Gasteiger partial charge in [0, 0.05) is 38.8 Å². The molecule has 2 aliphatic rings. The number of benzene rings is 4. The van der Waals surface area contributed by atoms with Gasteiger partial charge in [-0.1, -0.05) is 148 Å². The Morgan fingerprint density at radius 1 is 0.467 bits per heavy atom. The second kappa shape index (κ2) is 17.5. The molecule has 0 atom stereocenters. The molecular formula is C52H47N4O3P. The number of H-pyrrole nitrogens is 2. The van der Waals surface area contributed by atoms with Gasteiger partial charge >= 0.3 is 7.60 Å². The summed E-state index contributed by atoms with van der Waals surface area (Å²) in [5, 5.41) is 0.468. The van der Waals surface area contributed by atoms with E-state index in [1.54, 1.807) is 0 Å². The second-order valence-corrected chi connectivity index (χ2v) is 17.0. The number of rotatable bonds is 13. The average molecular weight is 807 g/mol. The molecule has 0 radical (unpaired) electrons. The molecule has 0 saturated carbocycles. The molecule has 3 aromatic heterocycles. The highest BCUT2D eigenvalue weighted by atomic mass is 31.2. The molecule has 2 aliphatic heterocycles. The Morgan fingerprint density at radius 3 is 1.23 bits per heavy atom. The van der Waals surface area contributed by atoms with E-state index in [4.69, 9.17) is 19.0 Å². The highest BCUT2D eigenvalue weighted by Crippen LogP contribution is 2.51. The van der Waals surface area contributed by atoms with Gasteiger partial charge in [-0.25, -0.2) is 9.97 Å². The van der Waals surface area contributed by atoms with E-state index >= 15 is 4.57 Å². The fourth-order valence-electron chi connectivity index (χ4n) is 7.95. The first-order chi connectivity index (χ1) is 29.5. The number of nitrogens with one attached hydrogen (secondary N) is 2. The third-order valence-electron chi connectivity index (χ3n) is 10.9. The summed E-state index contributed by atoms with van der Waals surface area (Å²) >= 11 is 0. The van der Waals surface area contributed by atoms with Gasteiger partial charge in [0.05, 0.1) is 46.8 Å². The van der Waals surface area contributed by atoms with E-state index in [9.17, 15) is 0 Å². The molecule has 9 rings (SSSR count). The lowest BCUT2D eigenvalue weighted by atomic mass is 10.0. The van der Waals surface area contributed by atoms with E-state index in [1.807, 2.05) is 54.6 Å². The molecule has 2 N–H and O–H groups in total. The fourth-order valence-corrected chi connectivity index (χ4v) is 9.77. The minimum Gasteiger partial charge on any atom is -0.354 e. The lowest BCUT2D eigenvalue weighted by Crippen LogP contribution is -2.12. The normalized spacial score (nSPS) is 12.3. The summed E-state index contributed by atoms with van der Waals surface area (Å²) in [4.78, 5) is 18.5. The van der Waals surface area contributed by atoms with Crippen molar-refractivity contribution in [3.63, 3.8) is 0 Å². The van der Waals surface area contributed by atoms with Crippen molar-refractivity contribution < 1.29 is 13.6 Å². The summed E-state index contributed by atoms with van der Waals surface area (Å²) in [5.41, 5.74) is 13.8. The van der Waals surface area contributed by atoms with Crippen LogP contribution in [0.3, 0.4) is 0 Å². The summed E-state index contributed by atoms with van der Waals surface area (Å²) in [6.07, 6.45) is 11.6. The average Bonchev–Trinajstić information content (AvgIpc) is 4.13. The summed E-state index contributed by atoms with van der Waals surface area (Å²) in [5.74, 6) is 0. The van der Waals surface area contributed by atoms with Crippen LogP contribution in [0.5, 0.6) is 0 Å². The Hall–Kier alpha value is -6.37. The van der Waals surface area contributed by atoms with Gasteiger partial charge in [-0.05, 0) is 77.6 Å². The van der Waals surface area contributed by atoms with E-state index in [-0.39, 0.29) is 0 Å². The first-order valence-corrected chi connectivity index (χ1v) is 22.4. The molecule has 8 bridgehead atoms. The Labute approximate surface area is 351 Å². The van der Waals surface area contributed by atoms with Crippen molar-refractivity contribution >= 4 is 59.3 Å². The van der Waals surface area contributed by atoms with Crippen LogP contribution in [-0.4, -0.2) is 33.1 Å². The van der Waals surface area contributed by atoms with Crippen LogP contribution in [0.15, 0.2) is 140 Å². The second-order valence-electron chi connectivity index (χ2n) is 15.0. The van der Waals surface area contributed by atoms with Crippen molar-refractivity contribution in [1.29, 1.82) is 0 Å². The van der Waals surface area contributed by atoms with Gasteiger partial charge in [-0.15, -0.1) is 0 Å². The lowest BCUT2D eigenvalue weighted by Gasteiger charge is -2.19. The highest BCUT2D eigenvalue weighted by molar-refractivity contribution is 7.62. The number of unbranched alkanes of at least 4 members (excludes halogenated alkanes) is 2. The quantitative estimate of drug-likeness (QED) is 0.0894. The summed E-state index contributed by atoms with van der Waals surface area (Å²) in [7, 11) is -3.93. The molecular weight excluding hydrogens is 760 g/mol. The molecule has 0 unspecified atom stereocenters. The van der Waals surface area contributed by atoms with Crippen LogP contribution in [0.25, 0.3) is 90.9 Å². The molecule has 0 saturated heterocycles. The zero-order valence-corrected chi connectivity index (χ0v) is 34.8. The van der Waals surface area contributed by atoms with Gasteiger partial charge < -0.3 is 19.0 Å². The molecule has 8 heteroatoms. The van der Waals surface area contributed by atoms with Crippen LogP contribution < -0.4 is 5.30 Å². The van der Waals surface area contributed by atoms with Crippen LogP contribution in [0.2, 0.25) is 0 Å². The predicted octanol–water partition coefficient (Wildman–Crippen LogP) is 13.8. The number of nitrogens with zero attached hydrogens (tertiary/aromatic N) is 2. The van der Waals surface area contributed by atoms with E-state index in [2.05, 4.69) is 133 Å². The van der Waals surface area contributed by atoms with Crippen LogP contribution in [0, 0.1) is 0 Å². The number of hydrogen-bond acceptors (Lipinski definition) is 5. The maximum atomic E-state index is 15.6. The molecule has 4 aromatic carbocycles. The Kier molecular flexibility index (Phi) is 11.4. The third-order valence-corrected chi connectivity index (χ3v) is 12.9. The minimum absolute atomic E-state index is 0.299. The van der Waals surface area contributed by atoms with Crippen molar-refractivity contribution in [2.75, 3.05) is 13.2 Å². The van der Waals surface area contributed by atoms with Crippen LogP contribution in [0.1, 0.15) is 62.3 Å². The molecule has 5 heterocycles. The Balaban J connectivity index is 1.50. The van der Waals surface area contributed by atoms with E-state index in [1.165, 1.54) is 0 Å². The van der Waals surface area contributed by atoms with E-state index in [0.717, 1.165) is 110 Å². The smallest absolute Gasteiger partial charge is 0.354 e. The summed E-state index contributed by atoms with van der Waals surface area (Å²) in [6.45, 7) is 4.79. The van der Waals surface area contributed by atoms with Gasteiger partial charge in [0.1, 0.15) is 0 Å². The van der Waals surface area contributed by atoms with Gasteiger partial charge in [0.15, 0.2) is 0 Å². The fraction of sp³-hybridized carbons (Fsp3) is 0.154. The van der Waals surface area contributed by atoms with E-state index < -0.39 is 7.60 Å². The monoisotopic (exact) mass is 806 g/mol. The SMILES string of the molecule is CCCCOP(=O)(OCCCC)c1cc2[nH]c1c(-c1ccccc1)c1nc(c(-c3ccccc3)c3ccc([nH]3)c(-c3ccccc3)c3nc(c2-c2ccccc2)C=C3)C=C1. The highest BCUT2D eigenvalue weighted by Gasteiger charge is 2.33. The predicted molar refractivity (Wildman–Crippen MR) is 250 cm³/mol. The number of aromatic amines is 2. The minimum atomic E-state index is -3.93. The molecule has 298 valence electrons. The molecule has 0 spiro atoms. The van der Waals surface area contributed by atoms with Crippen LogP contribution in [0.4, 0.5) is 0 Å². The van der Waals surface area contributed by atoms with Crippen molar-refractivity contribution in [2.24, 2.45) is 0 Å². The van der Waals surface area contributed by atoms with Crippen molar-refractivity contribution in [3.8, 4) is 44.5 Å². The number of aromatic nitrogens is 4. The number of hydrogen-bond donors (Lipinski definition) is 2. The topological polar surface area (TPSA) is 92.9 Å². The van der Waals surface area contributed by atoms with Crippen molar-refractivity contribution in [2.45, 2.75) is 39.5 Å². The molecule has 0 fully saturated rings. The van der Waals surface area contributed by atoms with Gasteiger partial charge in [-0.2, -0.15) is 0 Å². The zero-order chi connectivity index (χ0) is 40.9. The Bertz CT molecular complexity index is 2910. The molecule has 7 aromatic rings. The molecule has 0 amide bonds. The summed E-state index contributed by atoms with van der Waals surface area (Å²) in [6, 6.07) is 47.4. The van der Waals surface area contributed by atoms with Gasteiger partial charge in [0.2, 0.25) is 0 Å². The molecule has 60 heavy (non-hydrogen) atoms. The third kappa shape index (κ3) is 7.76. The lowest BCUT2D eigenvalue weighted by molar-refractivity contribution is 0.209. The first kappa shape index (κ1) is 39.1. The molecule has 0 aliphatic carbocycles. The maximum absolute atomic E-state index is 15.6. The van der Waals surface area contributed by atoms with Crippen LogP contribution >= 0.6 is 7.60 Å². The van der Waals surface area contributed by atoms with Crippen molar-refractivity contribution in [3.05, 3.63) is 162 Å². The summed E-state index contributed by atoms with van der Waals surface area (Å²) < 4.78 is 28.5. The first-order valence-electron chi connectivity index (χ1n) is 20.9. The number of fused-ring (bicyclic) bond motifs is 8. The van der Waals surface area contributed by atoms with Crippen LogP contribution in [-0.2, 0) is 13.6 Å². The zero-order valence-electron chi connectivity index (χ0n) is 33.9. The van der Waals surface area contributed by atoms with Gasteiger partial charge in [0.25, 0.3) is 0 Å². The Morgan fingerprint density at radius 2 is 0.833 bits per heavy atom. The van der Waals surface area contributed by atoms with Crippen molar-refractivity contribution in [1.82, 2.24) is 19.9 Å². The standard InChI is InChI=1S/C52H47N4O3P/c1-3-5-33-58-60(57,59-34-6-4-2)47-35-46-50(38-23-15-9-16-24-38)44-30-29-42(54-44)48(36-19-11-7-12-20-36)40-27-28-41(53-40)49(37-21-13-8-14-22-37)43-31-32-45(55-43)51(52(47)56-46)39-25-17-10-18-26-39/h7-32,35,53,56H,3-6,33-34H2,1-2H3. The molecule has 7 nitrogen and oxygen atoms in total. The van der Waals surface area contributed by atoms with E-state index in [0.29, 0.717) is 24.0 Å². The van der Waals surface area contributed by atoms with Gasteiger partial charge in [-0.3, -0.25) is 4.57 Å². The largest absolute Gasteiger partial charge is 0.363 e. The maximum Gasteiger partial charge on any atom is 0.363 e.